The summed E-state index contributed by atoms with van der Waals surface area (Å²) in [7, 11) is 1.81. The van der Waals surface area contributed by atoms with Gasteiger partial charge < -0.3 is 10.5 Å². The summed E-state index contributed by atoms with van der Waals surface area (Å²) in [6.45, 7) is 9.37. The van der Waals surface area contributed by atoms with E-state index in [0.29, 0.717) is 18.7 Å². The average molecular weight is 313 g/mol. The van der Waals surface area contributed by atoms with Gasteiger partial charge >= 0.3 is 0 Å². The predicted octanol–water partition coefficient (Wildman–Crippen LogP) is 2.97. The molecule has 0 amide bonds. The molecule has 2 unspecified atom stereocenters. The molecule has 1 aliphatic heterocycles. The van der Waals surface area contributed by atoms with Crippen molar-refractivity contribution in [3.8, 4) is 0 Å². The number of piperidine rings is 1. The third-order valence-corrected chi connectivity index (χ3v) is 4.72. The zero-order chi connectivity index (χ0) is 14.7. The Morgan fingerprint density at radius 1 is 1.19 bits per heavy atom. The van der Waals surface area contributed by atoms with Gasteiger partial charge in [0, 0.05) is 32.8 Å². The fourth-order valence-electron chi connectivity index (χ4n) is 3.14. The lowest BCUT2D eigenvalue weighted by molar-refractivity contribution is 0.0101. The van der Waals surface area contributed by atoms with Crippen LogP contribution >= 0.6 is 12.4 Å². The zero-order valence-corrected chi connectivity index (χ0v) is 14.5. The van der Waals surface area contributed by atoms with Crippen LogP contribution in [0.4, 0.5) is 0 Å². The van der Waals surface area contributed by atoms with E-state index >= 15 is 0 Å². The third-order valence-electron chi connectivity index (χ3n) is 4.72. The van der Waals surface area contributed by atoms with E-state index in [0.717, 1.165) is 25.9 Å². The number of nitrogens with two attached hydrogens (primary N) is 1. The van der Waals surface area contributed by atoms with Crippen LogP contribution in [0.2, 0.25) is 0 Å². The highest BCUT2D eigenvalue weighted by molar-refractivity contribution is 5.85. The van der Waals surface area contributed by atoms with Gasteiger partial charge in [-0.1, -0.05) is 12.1 Å². The van der Waals surface area contributed by atoms with Crippen molar-refractivity contribution in [3.63, 3.8) is 0 Å². The molecule has 2 rings (SSSR count). The van der Waals surface area contributed by atoms with E-state index in [1.807, 2.05) is 0 Å². The van der Waals surface area contributed by atoms with E-state index in [1.54, 1.807) is 7.11 Å². The van der Waals surface area contributed by atoms with Crippen molar-refractivity contribution >= 4 is 12.4 Å². The van der Waals surface area contributed by atoms with E-state index in [9.17, 15) is 0 Å². The topological polar surface area (TPSA) is 38.5 Å². The van der Waals surface area contributed by atoms with Crippen molar-refractivity contribution in [1.82, 2.24) is 4.90 Å². The molecule has 2 atom stereocenters. The van der Waals surface area contributed by atoms with Gasteiger partial charge in [-0.25, -0.2) is 0 Å². The van der Waals surface area contributed by atoms with Gasteiger partial charge in [-0.15, -0.1) is 12.4 Å². The first-order valence-electron chi connectivity index (χ1n) is 7.58. The molecule has 1 fully saturated rings. The summed E-state index contributed by atoms with van der Waals surface area (Å²) in [5.41, 5.74) is 11.5. The second-order valence-electron chi connectivity index (χ2n) is 6.11. The largest absolute Gasteiger partial charge is 0.381 e. The Balaban J connectivity index is 0.00000220. The van der Waals surface area contributed by atoms with Crippen LogP contribution in [0.3, 0.4) is 0 Å². The van der Waals surface area contributed by atoms with Crippen LogP contribution in [0, 0.1) is 20.8 Å². The van der Waals surface area contributed by atoms with Crippen molar-refractivity contribution < 1.29 is 4.74 Å². The van der Waals surface area contributed by atoms with Gasteiger partial charge in [-0.05, 0) is 55.9 Å². The van der Waals surface area contributed by atoms with Gasteiger partial charge in [0.15, 0.2) is 0 Å². The Hall–Kier alpha value is -0.610. The van der Waals surface area contributed by atoms with Crippen LogP contribution in [-0.4, -0.2) is 37.2 Å². The average Bonchev–Trinajstić information content (AvgIpc) is 2.45. The molecule has 0 bridgehead atoms. The molecule has 1 aromatic carbocycles. The molecule has 1 aromatic rings. The molecule has 2 N–H and O–H groups in total. The Bertz CT molecular complexity index is 464. The number of rotatable bonds is 4. The van der Waals surface area contributed by atoms with Gasteiger partial charge in [-0.3, -0.25) is 4.90 Å². The van der Waals surface area contributed by atoms with Crippen molar-refractivity contribution in [2.24, 2.45) is 5.73 Å². The number of methoxy groups -OCH3 is 1. The lowest BCUT2D eigenvalue weighted by Crippen LogP contribution is -2.48. The smallest absolute Gasteiger partial charge is 0.0599 e. The number of benzene rings is 1. The van der Waals surface area contributed by atoms with E-state index in [4.69, 9.17) is 10.5 Å². The molecule has 0 radical (unpaired) electrons. The lowest BCUT2D eigenvalue weighted by Gasteiger charge is -2.38. The highest BCUT2D eigenvalue weighted by atomic mass is 35.5. The molecular formula is C17H29ClN2O. The van der Waals surface area contributed by atoms with Crippen LogP contribution in [0.15, 0.2) is 12.1 Å². The number of hydrogen-bond acceptors (Lipinski definition) is 3. The standard InChI is InChI=1S/C17H28N2O.ClH/c1-12-7-14(3)15(8-13(12)2)11-19-6-5-17(20-4)9-16(19)10-18;/h7-8,16-17H,5-6,9-11,18H2,1-4H3;1H. The number of aryl methyl sites for hydroxylation is 3. The summed E-state index contributed by atoms with van der Waals surface area (Å²) in [5.74, 6) is 0. The van der Waals surface area contributed by atoms with E-state index in [-0.39, 0.29) is 12.4 Å². The zero-order valence-electron chi connectivity index (χ0n) is 13.7. The van der Waals surface area contributed by atoms with Crippen LogP contribution in [0.25, 0.3) is 0 Å². The fourth-order valence-corrected chi connectivity index (χ4v) is 3.14. The van der Waals surface area contributed by atoms with Crippen LogP contribution < -0.4 is 5.73 Å². The first-order chi connectivity index (χ1) is 9.55. The highest BCUT2D eigenvalue weighted by Crippen LogP contribution is 2.23. The number of hydrogen-bond donors (Lipinski definition) is 1. The first kappa shape index (κ1) is 18.4. The summed E-state index contributed by atoms with van der Waals surface area (Å²) in [6.07, 6.45) is 2.54. The fraction of sp³-hybridized carbons (Fsp3) is 0.647. The quantitative estimate of drug-likeness (QED) is 0.929. The molecule has 0 saturated carbocycles. The minimum absolute atomic E-state index is 0. The lowest BCUT2D eigenvalue weighted by atomic mass is 9.96. The Morgan fingerprint density at radius 3 is 2.48 bits per heavy atom. The van der Waals surface area contributed by atoms with Crippen molar-refractivity contribution in [3.05, 3.63) is 34.4 Å². The van der Waals surface area contributed by atoms with Crippen LogP contribution in [0.5, 0.6) is 0 Å². The van der Waals surface area contributed by atoms with E-state index in [2.05, 4.69) is 37.8 Å². The number of halogens is 1. The molecule has 120 valence electrons. The summed E-state index contributed by atoms with van der Waals surface area (Å²) < 4.78 is 5.50. The van der Waals surface area contributed by atoms with Gasteiger partial charge in [-0.2, -0.15) is 0 Å². The molecule has 3 nitrogen and oxygen atoms in total. The highest BCUT2D eigenvalue weighted by Gasteiger charge is 2.27. The first-order valence-corrected chi connectivity index (χ1v) is 7.58. The minimum Gasteiger partial charge on any atom is -0.381 e. The molecule has 4 heteroatoms. The minimum atomic E-state index is 0. The number of ether oxygens (including phenoxy) is 1. The van der Waals surface area contributed by atoms with Crippen molar-refractivity contribution in [2.75, 3.05) is 20.2 Å². The third kappa shape index (κ3) is 4.43. The molecule has 1 heterocycles. The van der Waals surface area contributed by atoms with Crippen molar-refractivity contribution in [2.45, 2.75) is 52.3 Å². The summed E-state index contributed by atoms with van der Waals surface area (Å²) in [6, 6.07) is 5.07. The summed E-state index contributed by atoms with van der Waals surface area (Å²) >= 11 is 0. The molecule has 1 aliphatic rings. The molecule has 1 saturated heterocycles. The second-order valence-corrected chi connectivity index (χ2v) is 6.11. The monoisotopic (exact) mass is 312 g/mol. The molecule has 0 aromatic heterocycles. The molecule has 0 aliphatic carbocycles. The maximum Gasteiger partial charge on any atom is 0.0599 e. The molecular weight excluding hydrogens is 284 g/mol. The SMILES string of the molecule is COC1CCN(Cc2cc(C)c(C)cc2C)C(CN)C1.Cl. The molecule has 0 spiro atoms. The number of nitrogens with zero attached hydrogens (tertiary/aromatic N) is 1. The Kier molecular flexibility index (Phi) is 7.14. The van der Waals surface area contributed by atoms with Gasteiger partial charge in [0.25, 0.3) is 0 Å². The second kappa shape index (κ2) is 8.14. The van der Waals surface area contributed by atoms with Crippen LogP contribution in [-0.2, 0) is 11.3 Å². The maximum absolute atomic E-state index is 5.96. The van der Waals surface area contributed by atoms with Gasteiger partial charge in [0.2, 0.25) is 0 Å². The maximum atomic E-state index is 5.96. The normalized spacial score (nSPS) is 22.9. The van der Waals surface area contributed by atoms with Crippen molar-refractivity contribution in [1.29, 1.82) is 0 Å². The Labute approximate surface area is 135 Å². The Morgan fingerprint density at radius 2 is 1.86 bits per heavy atom. The molecule has 21 heavy (non-hydrogen) atoms. The summed E-state index contributed by atoms with van der Waals surface area (Å²) in [4.78, 5) is 2.52. The number of likely N-dealkylation sites (tertiary alicyclic amines) is 1. The van der Waals surface area contributed by atoms with Crippen LogP contribution in [0.1, 0.15) is 35.1 Å². The summed E-state index contributed by atoms with van der Waals surface area (Å²) in [5, 5.41) is 0. The predicted molar refractivity (Wildman–Crippen MR) is 91.2 cm³/mol. The van der Waals surface area contributed by atoms with E-state index < -0.39 is 0 Å². The van der Waals surface area contributed by atoms with Gasteiger partial charge in [0.1, 0.15) is 0 Å². The van der Waals surface area contributed by atoms with E-state index in [1.165, 1.54) is 22.3 Å². The van der Waals surface area contributed by atoms with Gasteiger partial charge in [0.05, 0.1) is 6.10 Å².